The summed E-state index contributed by atoms with van der Waals surface area (Å²) in [4.78, 5) is 55.2. The minimum atomic E-state index is -0.347. The van der Waals surface area contributed by atoms with Gasteiger partial charge in [0.25, 0.3) is 11.8 Å². The first-order valence-electron chi connectivity index (χ1n) is 19.1. The normalized spacial score (nSPS) is 16.8. The summed E-state index contributed by atoms with van der Waals surface area (Å²) in [6.07, 6.45) is 8.94. The summed E-state index contributed by atoms with van der Waals surface area (Å²) in [5.74, 6) is -0.931. The zero-order chi connectivity index (χ0) is 38.2. The Morgan fingerprint density at radius 3 is 2.07 bits per heavy atom. The Morgan fingerprint density at radius 2 is 1.43 bits per heavy atom. The Labute approximate surface area is 322 Å². The molecule has 2 aliphatic rings. The molecule has 0 spiro atoms. The molecule has 2 N–H and O–H groups in total. The number of rotatable bonds is 13. The van der Waals surface area contributed by atoms with E-state index < -0.39 is 0 Å². The first-order chi connectivity index (χ1) is 26.1. The molecule has 0 saturated heterocycles. The highest BCUT2D eigenvalue weighted by Gasteiger charge is 2.31. The topological polar surface area (TPSA) is 114 Å². The first-order valence-corrected chi connectivity index (χ1v) is 19.9. The highest BCUT2D eigenvalue weighted by molar-refractivity contribution is 7.17. The van der Waals surface area contributed by atoms with Crippen LogP contribution in [0.3, 0.4) is 0 Å². The van der Waals surface area contributed by atoms with Crippen molar-refractivity contribution >= 4 is 45.8 Å². The van der Waals surface area contributed by atoms with Crippen molar-refractivity contribution in [3.63, 3.8) is 0 Å². The molecule has 9 nitrogen and oxygen atoms in total. The maximum atomic E-state index is 13.9. The molecule has 2 aliphatic carbocycles. The van der Waals surface area contributed by atoms with Gasteiger partial charge in [-0.05, 0) is 137 Å². The smallest absolute Gasteiger partial charge is 0.337 e. The van der Waals surface area contributed by atoms with Gasteiger partial charge < -0.3 is 20.1 Å². The van der Waals surface area contributed by atoms with Crippen LogP contribution in [0.4, 0.5) is 10.7 Å². The van der Waals surface area contributed by atoms with E-state index in [9.17, 15) is 19.2 Å². The number of anilines is 2. The molecule has 0 atom stereocenters. The number of carbonyl (C=O) groups excluding carboxylic acids is 4. The summed E-state index contributed by atoms with van der Waals surface area (Å²) >= 11 is 1.52. The van der Waals surface area contributed by atoms with Crippen molar-refractivity contribution in [2.45, 2.75) is 96.7 Å². The maximum Gasteiger partial charge on any atom is 0.337 e. The molecule has 2 amide bonds. The third-order valence-corrected chi connectivity index (χ3v) is 12.0. The molecule has 1 fully saturated rings. The third-order valence-electron chi connectivity index (χ3n) is 10.8. The van der Waals surface area contributed by atoms with Crippen molar-refractivity contribution in [3.8, 4) is 0 Å². The van der Waals surface area contributed by atoms with Gasteiger partial charge in [-0.2, -0.15) is 0 Å². The van der Waals surface area contributed by atoms with Gasteiger partial charge >= 0.3 is 11.9 Å². The Hall–Kier alpha value is -4.80. The number of thiophene rings is 1. The summed E-state index contributed by atoms with van der Waals surface area (Å²) in [7, 11) is 2.83. The average Bonchev–Trinajstić information content (AvgIpc) is 3.57. The Morgan fingerprint density at radius 1 is 0.759 bits per heavy atom. The van der Waals surface area contributed by atoms with Gasteiger partial charge in [0.1, 0.15) is 5.00 Å². The van der Waals surface area contributed by atoms with E-state index in [-0.39, 0.29) is 29.7 Å². The van der Waals surface area contributed by atoms with Crippen LogP contribution in [0, 0.1) is 5.92 Å². The van der Waals surface area contributed by atoms with Crippen LogP contribution in [-0.2, 0) is 46.5 Å². The standard InChI is InChI=1S/C44H51N3O6S/c1-28(2)47(36-24-20-33(21-25-36)44(51)53-4)27-31-8-7-9-34(26-31)40(48)46-42-39(37-10-5-6-11-38(37)54-42)41(49)45-35-22-16-30(17-23-35)13-12-29-14-18-32(19-15-29)43(50)52-3/h7-9,14-19,22-23,26,28,33,36H,5-6,10-13,20-21,24-25,27H2,1-4H3,(H,45,49)(H,46,48). The second-order valence-electron chi connectivity index (χ2n) is 14.7. The van der Waals surface area contributed by atoms with Crippen LogP contribution in [0.15, 0.2) is 72.8 Å². The minimum Gasteiger partial charge on any atom is -0.469 e. The second-order valence-corrected chi connectivity index (χ2v) is 15.8. The van der Waals surface area contributed by atoms with E-state index in [1.165, 1.54) is 30.4 Å². The number of methoxy groups -OCH3 is 2. The van der Waals surface area contributed by atoms with Crippen LogP contribution in [0.2, 0.25) is 0 Å². The van der Waals surface area contributed by atoms with Gasteiger partial charge in [0.15, 0.2) is 0 Å². The molecule has 0 unspecified atom stereocenters. The summed E-state index contributed by atoms with van der Waals surface area (Å²) in [6, 6.07) is 23.7. The zero-order valence-corrected chi connectivity index (χ0v) is 32.6. The molecule has 3 aromatic carbocycles. The number of ether oxygens (including phenoxy) is 2. The monoisotopic (exact) mass is 749 g/mol. The SMILES string of the molecule is COC(=O)c1ccc(CCc2ccc(NC(=O)c3c(NC(=O)c4cccc(CN(C(C)C)C5CCC(C(=O)OC)CC5)c4)sc4c3CCCC4)cc2)cc1. The molecular weight excluding hydrogens is 699 g/mol. The Kier molecular flexibility index (Phi) is 13.0. The molecule has 4 aromatic rings. The molecular formula is C44H51N3O6S. The number of nitrogens with zero attached hydrogens (tertiary/aromatic N) is 1. The fourth-order valence-electron chi connectivity index (χ4n) is 7.80. The average molecular weight is 750 g/mol. The van der Waals surface area contributed by atoms with Gasteiger partial charge in [0, 0.05) is 34.8 Å². The molecule has 0 radical (unpaired) electrons. The van der Waals surface area contributed by atoms with Crippen molar-refractivity contribution in [2.75, 3.05) is 24.9 Å². The fraction of sp³-hybridized carbons (Fsp3) is 0.409. The number of benzene rings is 3. The van der Waals surface area contributed by atoms with Crippen LogP contribution < -0.4 is 10.6 Å². The van der Waals surface area contributed by atoms with E-state index in [2.05, 4.69) is 35.4 Å². The fourth-order valence-corrected chi connectivity index (χ4v) is 9.08. The molecule has 1 saturated carbocycles. The van der Waals surface area contributed by atoms with Gasteiger partial charge in [-0.3, -0.25) is 19.3 Å². The second kappa shape index (κ2) is 18.0. The van der Waals surface area contributed by atoms with Crippen molar-refractivity contribution in [3.05, 3.63) is 117 Å². The molecule has 0 bridgehead atoms. The number of esters is 2. The predicted octanol–water partition coefficient (Wildman–Crippen LogP) is 8.65. The van der Waals surface area contributed by atoms with E-state index in [4.69, 9.17) is 9.47 Å². The lowest BCUT2D eigenvalue weighted by atomic mass is 9.84. The largest absolute Gasteiger partial charge is 0.469 e. The van der Waals surface area contributed by atoms with Gasteiger partial charge in [0.2, 0.25) is 0 Å². The predicted molar refractivity (Wildman–Crippen MR) is 213 cm³/mol. The molecule has 1 aromatic heterocycles. The van der Waals surface area contributed by atoms with Crippen molar-refractivity contribution in [1.82, 2.24) is 4.90 Å². The number of fused-ring (bicyclic) bond motifs is 1. The van der Waals surface area contributed by atoms with Gasteiger partial charge in [-0.15, -0.1) is 11.3 Å². The summed E-state index contributed by atoms with van der Waals surface area (Å²) < 4.78 is 9.77. The molecule has 6 rings (SSSR count). The van der Waals surface area contributed by atoms with Crippen LogP contribution in [-0.4, -0.2) is 55.0 Å². The lowest BCUT2D eigenvalue weighted by Gasteiger charge is -2.39. The van der Waals surface area contributed by atoms with Gasteiger partial charge in [-0.25, -0.2) is 4.79 Å². The Bertz CT molecular complexity index is 1940. The highest BCUT2D eigenvalue weighted by Crippen LogP contribution is 2.39. The molecule has 284 valence electrons. The van der Waals surface area contributed by atoms with Crippen molar-refractivity contribution in [2.24, 2.45) is 5.92 Å². The molecule has 0 aliphatic heterocycles. The molecule has 1 heterocycles. The number of carbonyl (C=O) groups is 4. The van der Waals surface area contributed by atoms with Crippen LogP contribution in [0.1, 0.15) is 111 Å². The number of amides is 2. The molecule has 10 heteroatoms. The quantitative estimate of drug-likeness (QED) is 0.132. The number of hydrogen-bond donors (Lipinski definition) is 2. The Balaban J connectivity index is 1.10. The van der Waals surface area contributed by atoms with Crippen LogP contribution >= 0.6 is 11.3 Å². The molecule has 54 heavy (non-hydrogen) atoms. The third kappa shape index (κ3) is 9.46. The van der Waals surface area contributed by atoms with Gasteiger partial charge in [0.05, 0.1) is 31.3 Å². The van der Waals surface area contributed by atoms with E-state index in [1.54, 1.807) is 12.1 Å². The van der Waals surface area contributed by atoms with E-state index in [0.717, 1.165) is 86.5 Å². The lowest BCUT2D eigenvalue weighted by Crippen LogP contribution is -2.42. The highest BCUT2D eigenvalue weighted by atomic mass is 32.1. The van der Waals surface area contributed by atoms with E-state index in [0.29, 0.717) is 46.0 Å². The number of nitrogens with one attached hydrogen (secondary N) is 2. The van der Waals surface area contributed by atoms with E-state index in [1.807, 2.05) is 54.6 Å². The van der Waals surface area contributed by atoms with Crippen LogP contribution in [0.5, 0.6) is 0 Å². The maximum absolute atomic E-state index is 13.9. The summed E-state index contributed by atoms with van der Waals surface area (Å²) in [5, 5.41) is 6.82. The zero-order valence-electron chi connectivity index (χ0n) is 31.7. The lowest BCUT2D eigenvalue weighted by molar-refractivity contribution is -0.147. The number of hydrogen-bond acceptors (Lipinski definition) is 8. The van der Waals surface area contributed by atoms with Gasteiger partial charge in [-0.1, -0.05) is 36.4 Å². The minimum absolute atomic E-state index is 0.0228. The van der Waals surface area contributed by atoms with E-state index >= 15 is 0 Å². The summed E-state index contributed by atoms with van der Waals surface area (Å²) in [6.45, 7) is 5.09. The first kappa shape index (κ1) is 38.9. The van der Waals surface area contributed by atoms with Crippen LogP contribution in [0.25, 0.3) is 0 Å². The van der Waals surface area contributed by atoms with Crippen molar-refractivity contribution < 1.29 is 28.7 Å². The summed E-state index contributed by atoms with van der Waals surface area (Å²) in [5.41, 5.74) is 6.69. The van der Waals surface area contributed by atoms with Crippen molar-refractivity contribution in [1.29, 1.82) is 0 Å². The number of aryl methyl sites for hydroxylation is 3.